The summed E-state index contributed by atoms with van der Waals surface area (Å²) in [5.41, 5.74) is 1.62. The summed E-state index contributed by atoms with van der Waals surface area (Å²) in [4.78, 5) is 12.2. The molecule has 0 saturated heterocycles. The lowest BCUT2D eigenvalue weighted by Crippen LogP contribution is -2.15. The molecule has 3 rings (SSSR count). The highest BCUT2D eigenvalue weighted by Gasteiger charge is 2.15. The average Bonchev–Trinajstić information content (AvgIpc) is 2.66. The lowest BCUT2D eigenvalue weighted by molar-refractivity contribution is -0.115. The molecular formula is C20H16Cl2N2O3S. The fraction of sp³-hybridized carbons (Fsp3) is 0.0500. The Morgan fingerprint density at radius 1 is 0.857 bits per heavy atom. The fourth-order valence-electron chi connectivity index (χ4n) is 2.46. The predicted molar refractivity (Wildman–Crippen MR) is 112 cm³/mol. The van der Waals surface area contributed by atoms with Gasteiger partial charge in [-0.25, -0.2) is 8.42 Å². The summed E-state index contributed by atoms with van der Waals surface area (Å²) < 4.78 is 27.4. The van der Waals surface area contributed by atoms with E-state index in [0.717, 1.165) is 5.56 Å². The molecule has 0 spiro atoms. The van der Waals surface area contributed by atoms with Crippen LogP contribution in [0.25, 0.3) is 0 Å². The minimum Gasteiger partial charge on any atom is -0.326 e. The lowest BCUT2D eigenvalue weighted by atomic mass is 10.1. The van der Waals surface area contributed by atoms with Gasteiger partial charge in [-0.2, -0.15) is 0 Å². The first kappa shape index (κ1) is 20.2. The summed E-state index contributed by atoms with van der Waals surface area (Å²) in [5, 5.41) is 3.64. The lowest BCUT2D eigenvalue weighted by Gasteiger charge is -2.10. The van der Waals surface area contributed by atoms with Crippen molar-refractivity contribution >= 4 is 50.5 Å². The summed E-state index contributed by atoms with van der Waals surface area (Å²) in [7, 11) is -3.79. The maximum atomic E-state index is 12.5. The molecule has 0 radical (unpaired) electrons. The first-order chi connectivity index (χ1) is 13.3. The normalized spacial score (nSPS) is 11.1. The molecule has 0 aromatic heterocycles. The molecule has 0 aliphatic heterocycles. The second-order valence-electron chi connectivity index (χ2n) is 5.96. The van der Waals surface area contributed by atoms with E-state index in [-0.39, 0.29) is 17.2 Å². The van der Waals surface area contributed by atoms with Gasteiger partial charge in [-0.1, -0.05) is 47.5 Å². The molecule has 0 bridgehead atoms. The molecule has 0 heterocycles. The number of amides is 1. The van der Waals surface area contributed by atoms with E-state index in [0.29, 0.717) is 21.4 Å². The van der Waals surface area contributed by atoms with Crippen LogP contribution in [0.3, 0.4) is 0 Å². The summed E-state index contributed by atoms with van der Waals surface area (Å²) >= 11 is 11.8. The molecule has 8 heteroatoms. The third-order valence-electron chi connectivity index (χ3n) is 3.84. The van der Waals surface area contributed by atoms with Crippen LogP contribution >= 0.6 is 23.2 Å². The summed E-state index contributed by atoms with van der Waals surface area (Å²) in [5.74, 6) is -0.216. The van der Waals surface area contributed by atoms with Crippen molar-refractivity contribution in [3.05, 3.63) is 88.4 Å². The van der Waals surface area contributed by atoms with Crippen molar-refractivity contribution in [3.8, 4) is 0 Å². The van der Waals surface area contributed by atoms with E-state index >= 15 is 0 Å². The van der Waals surface area contributed by atoms with Gasteiger partial charge in [0.25, 0.3) is 10.0 Å². The maximum absolute atomic E-state index is 12.5. The summed E-state index contributed by atoms with van der Waals surface area (Å²) in [6, 6.07) is 19.4. The molecule has 3 aromatic carbocycles. The number of nitrogens with one attached hydrogen (secondary N) is 2. The highest BCUT2D eigenvalue weighted by molar-refractivity contribution is 7.92. The Morgan fingerprint density at radius 3 is 2.14 bits per heavy atom. The van der Waals surface area contributed by atoms with Gasteiger partial charge in [0, 0.05) is 10.7 Å². The number of halogens is 2. The third-order valence-corrected chi connectivity index (χ3v) is 5.81. The number of hydrogen-bond acceptors (Lipinski definition) is 3. The van der Waals surface area contributed by atoms with Crippen molar-refractivity contribution < 1.29 is 13.2 Å². The molecule has 0 aliphatic carbocycles. The van der Waals surface area contributed by atoms with Gasteiger partial charge in [0.05, 0.1) is 22.0 Å². The van der Waals surface area contributed by atoms with Gasteiger partial charge >= 0.3 is 0 Å². The smallest absolute Gasteiger partial charge is 0.261 e. The number of sulfonamides is 1. The third kappa shape index (κ3) is 5.25. The van der Waals surface area contributed by atoms with Crippen LogP contribution in [0.4, 0.5) is 11.4 Å². The molecule has 5 nitrogen and oxygen atoms in total. The van der Waals surface area contributed by atoms with E-state index in [2.05, 4.69) is 10.0 Å². The van der Waals surface area contributed by atoms with E-state index in [9.17, 15) is 13.2 Å². The zero-order valence-electron chi connectivity index (χ0n) is 14.5. The number of carbonyl (C=O) groups is 1. The van der Waals surface area contributed by atoms with Crippen molar-refractivity contribution in [3.63, 3.8) is 0 Å². The number of para-hydroxylation sites is 1. The van der Waals surface area contributed by atoms with Crippen LogP contribution in [0.1, 0.15) is 5.56 Å². The Morgan fingerprint density at radius 2 is 1.50 bits per heavy atom. The predicted octanol–water partition coefficient (Wildman–Crippen LogP) is 4.98. The Bertz CT molecular complexity index is 1080. The zero-order chi connectivity index (χ0) is 20.1. The first-order valence-electron chi connectivity index (χ1n) is 8.25. The van der Waals surface area contributed by atoms with Crippen LogP contribution in [-0.4, -0.2) is 14.3 Å². The van der Waals surface area contributed by atoms with Crippen LogP contribution in [-0.2, 0) is 21.2 Å². The molecule has 0 aliphatic rings. The Balaban J connectivity index is 1.66. The Kier molecular flexibility index (Phi) is 6.24. The number of rotatable bonds is 6. The largest absolute Gasteiger partial charge is 0.326 e. The Hall–Kier alpha value is -2.54. The number of carbonyl (C=O) groups excluding carboxylic acids is 1. The standard InChI is InChI=1S/C20H16Cl2N2O3S/c21-15-7-5-14(6-8-15)13-20(25)23-16-9-11-17(12-10-16)28(26,27)24-19-4-2-1-3-18(19)22/h1-12,24H,13H2,(H,23,25). The van der Waals surface area contributed by atoms with E-state index in [1.54, 1.807) is 48.5 Å². The number of hydrogen-bond donors (Lipinski definition) is 2. The highest BCUT2D eigenvalue weighted by atomic mass is 35.5. The van der Waals surface area contributed by atoms with Gasteiger partial charge in [0.15, 0.2) is 0 Å². The van der Waals surface area contributed by atoms with Gasteiger partial charge in [0.1, 0.15) is 0 Å². The van der Waals surface area contributed by atoms with E-state index in [1.165, 1.54) is 24.3 Å². The molecule has 0 saturated carbocycles. The van der Waals surface area contributed by atoms with E-state index in [4.69, 9.17) is 23.2 Å². The number of benzene rings is 3. The van der Waals surface area contributed by atoms with Crippen molar-refractivity contribution in [2.45, 2.75) is 11.3 Å². The van der Waals surface area contributed by atoms with E-state index < -0.39 is 10.0 Å². The van der Waals surface area contributed by atoms with Gasteiger partial charge in [-0.3, -0.25) is 9.52 Å². The molecule has 0 atom stereocenters. The van der Waals surface area contributed by atoms with Crippen LogP contribution in [0.5, 0.6) is 0 Å². The van der Waals surface area contributed by atoms with Crippen molar-refractivity contribution in [1.82, 2.24) is 0 Å². The molecule has 0 unspecified atom stereocenters. The van der Waals surface area contributed by atoms with Crippen LogP contribution < -0.4 is 10.0 Å². The van der Waals surface area contributed by atoms with Crippen molar-refractivity contribution in [2.24, 2.45) is 0 Å². The summed E-state index contributed by atoms with van der Waals surface area (Å²) in [6.45, 7) is 0. The average molecular weight is 435 g/mol. The molecule has 3 aromatic rings. The topological polar surface area (TPSA) is 75.3 Å². The zero-order valence-corrected chi connectivity index (χ0v) is 16.9. The second kappa shape index (κ2) is 8.65. The first-order valence-corrected chi connectivity index (χ1v) is 10.5. The van der Waals surface area contributed by atoms with Crippen LogP contribution in [0, 0.1) is 0 Å². The summed E-state index contributed by atoms with van der Waals surface area (Å²) in [6.07, 6.45) is 0.186. The molecule has 1 amide bonds. The van der Waals surface area contributed by atoms with Gasteiger partial charge < -0.3 is 5.32 Å². The second-order valence-corrected chi connectivity index (χ2v) is 8.49. The molecule has 28 heavy (non-hydrogen) atoms. The SMILES string of the molecule is O=C(Cc1ccc(Cl)cc1)Nc1ccc(S(=O)(=O)Nc2ccccc2Cl)cc1. The molecule has 0 fully saturated rings. The molecular weight excluding hydrogens is 419 g/mol. The quantitative estimate of drug-likeness (QED) is 0.574. The van der Waals surface area contributed by atoms with Gasteiger partial charge in [0.2, 0.25) is 5.91 Å². The monoisotopic (exact) mass is 434 g/mol. The van der Waals surface area contributed by atoms with E-state index in [1.807, 2.05) is 0 Å². The number of anilines is 2. The minimum atomic E-state index is -3.79. The molecule has 2 N–H and O–H groups in total. The van der Waals surface area contributed by atoms with Crippen molar-refractivity contribution in [2.75, 3.05) is 10.0 Å². The van der Waals surface area contributed by atoms with Crippen molar-refractivity contribution in [1.29, 1.82) is 0 Å². The van der Waals surface area contributed by atoms with Crippen LogP contribution in [0.2, 0.25) is 10.0 Å². The Labute approximate surface area is 173 Å². The minimum absolute atomic E-state index is 0.0584. The maximum Gasteiger partial charge on any atom is 0.261 e. The highest BCUT2D eigenvalue weighted by Crippen LogP contribution is 2.24. The molecule has 144 valence electrons. The van der Waals surface area contributed by atoms with Gasteiger partial charge in [-0.05, 0) is 54.1 Å². The van der Waals surface area contributed by atoms with Gasteiger partial charge in [-0.15, -0.1) is 0 Å². The fourth-order valence-corrected chi connectivity index (χ4v) is 3.90. The van der Waals surface area contributed by atoms with Crippen LogP contribution in [0.15, 0.2) is 77.7 Å².